The second-order valence-corrected chi connectivity index (χ2v) is 8.03. The van der Waals surface area contributed by atoms with Crippen molar-refractivity contribution in [1.82, 2.24) is 0 Å². The molecule has 0 fully saturated rings. The summed E-state index contributed by atoms with van der Waals surface area (Å²) in [5.74, 6) is 0.407. The molecule has 22 heavy (non-hydrogen) atoms. The fourth-order valence-corrected chi connectivity index (χ4v) is 2.94. The molecular formula is C21H28O. The third kappa shape index (κ3) is 3.71. The molecule has 0 spiro atoms. The lowest BCUT2D eigenvalue weighted by Crippen LogP contribution is -2.20. The first-order chi connectivity index (χ1) is 10.1. The van der Waals surface area contributed by atoms with E-state index in [2.05, 4.69) is 77.9 Å². The highest BCUT2D eigenvalue weighted by molar-refractivity contribution is 5.41. The van der Waals surface area contributed by atoms with E-state index in [4.69, 9.17) is 0 Å². The first kappa shape index (κ1) is 16.6. The molecule has 1 nitrogen and oxygen atoms in total. The van der Waals surface area contributed by atoms with Crippen molar-refractivity contribution in [3.63, 3.8) is 0 Å². The maximum Gasteiger partial charge on any atom is 0.119 e. The molecule has 2 aromatic carbocycles. The lowest BCUT2D eigenvalue weighted by Gasteiger charge is -2.27. The maximum absolute atomic E-state index is 10.3. The van der Waals surface area contributed by atoms with Crippen LogP contribution >= 0.6 is 0 Å². The molecule has 0 radical (unpaired) electrons. The molecular weight excluding hydrogens is 268 g/mol. The number of benzene rings is 2. The van der Waals surface area contributed by atoms with Crippen LogP contribution in [0.1, 0.15) is 56.9 Å². The maximum atomic E-state index is 10.3. The van der Waals surface area contributed by atoms with Crippen molar-refractivity contribution in [3.8, 4) is 5.75 Å². The molecule has 0 aliphatic heterocycles. The van der Waals surface area contributed by atoms with Gasteiger partial charge in [0.2, 0.25) is 0 Å². The average molecular weight is 296 g/mol. The van der Waals surface area contributed by atoms with E-state index >= 15 is 0 Å². The van der Waals surface area contributed by atoms with Crippen molar-refractivity contribution in [3.05, 3.63) is 64.7 Å². The molecule has 0 saturated carbocycles. The van der Waals surface area contributed by atoms with Gasteiger partial charge in [-0.05, 0) is 46.9 Å². The molecule has 0 aliphatic carbocycles. The summed E-state index contributed by atoms with van der Waals surface area (Å²) in [7, 11) is 0. The van der Waals surface area contributed by atoms with Crippen LogP contribution in [0.2, 0.25) is 0 Å². The largest absolute Gasteiger partial charge is 0.508 e. The van der Waals surface area contributed by atoms with E-state index in [9.17, 15) is 5.11 Å². The molecule has 0 saturated heterocycles. The van der Waals surface area contributed by atoms with Gasteiger partial charge in [-0.25, -0.2) is 0 Å². The molecule has 0 aromatic heterocycles. The topological polar surface area (TPSA) is 20.2 Å². The van der Waals surface area contributed by atoms with Gasteiger partial charge < -0.3 is 5.11 Å². The summed E-state index contributed by atoms with van der Waals surface area (Å²) in [4.78, 5) is 0. The standard InChI is InChI=1S/C21H28O/c1-15-7-10-17(11-8-15)21(5,6)14-16-9-12-18(19(22)13-16)20(2,3)4/h7-13,22H,14H2,1-6H3. The third-order valence-corrected chi connectivity index (χ3v) is 4.35. The zero-order chi connectivity index (χ0) is 16.5. The van der Waals surface area contributed by atoms with Crippen LogP contribution < -0.4 is 0 Å². The molecule has 0 unspecified atom stereocenters. The predicted octanol–water partition coefficient (Wildman–Crippen LogP) is 5.52. The number of aryl methyl sites for hydroxylation is 1. The summed E-state index contributed by atoms with van der Waals surface area (Å²) in [5.41, 5.74) is 4.81. The van der Waals surface area contributed by atoms with Gasteiger partial charge in [0.25, 0.3) is 0 Å². The molecule has 0 aliphatic rings. The Morgan fingerprint density at radius 1 is 0.864 bits per heavy atom. The lowest BCUT2D eigenvalue weighted by molar-refractivity contribution is 0.444. The highest BCUT2D eigenvalue weighted by Crippen LogP contribution is 2.34. The first-order valence-corrected chi connectivity index (χ1v) is 7.99. The zero-order valence-corrected chi connectivity index (χ0v) is 14.7. The van der Waals surface area contributed by atoms with Crippen molar-refractivity contribution in [2.24, 2.45) is 0 Å². The van der Waals surface area contributed by atoms with Gasteiger partial charge in [0.1, 0.15) is 5.75 Å². The third-order valence-electron chi connectivity index (χ3n) is 4.35. The smallest absolute Gasteiger partial charge is 0.119 e. The Morgan fingerprint density at radius 3 is 1.95 bits per heavy atom. The molecule has 2 aromatic rings. The SMILES string of the molecule is Cc1ccc(C(C)(C)Cc2ccc(C(C)(C)C)c(O)c2)cc1. The summed E-state index contributed by atoms with van der Waals surface area (Å²) in [5, 5.41) is 10.3. The van der Waals surface area contributed by atoms with Gasteiger partial charge >= 0.3 is 0 Å². The second kappa shape index (κ2) is 5.79. The molecule has 118 valence electrons. The molecule has 0 bridgehead atoms. The van der Waals surface area contributed by atoms with Gasteiger partial charge in [-0.15, -0.1) is 0 Å². The monoisotopic (exact) mass is 296 g/mol. The summed E-state index contributed by atoms with van der Waals surface area (Å²) in [6.45, 7) is 13.0. The van der Waals surface area contributed by atoms with Crippen molar-refractivity contribution in [2.45, 2.75) is 58.8 Å². The zero-order valence-electron chi connectivity index (χ0n) is 14.7. The van der Waals surface area contributed by atoms with E-state index in [0.29, 0.717) is 5.75 Å². The average Bonchev–Trinajstić information content (AvgIpc) is 2.37. The van der Waals surface area contributed by atoms with Gasteiger partial charge in [0.05, 0.1) is 0 Å². The second-order valence-electron chi connectivity index (χ2n) is 8.03. The predicted molar refractivity (Wildman–Crippen MR) is 94.7 cm³/mol. The molecule has 2 rings (SSSR count). The molecule has 0 atom stereocenters. The summed E-state index contributed by atoms with van der Waals surface area (Å²) in [6.07, 6.45) is 0.911. The minimum atomic E-state index is -0.0327. The van der Waals surface area contributed by atoms with Gasteiger partial charge in [0, 0.05) is 0 Å². The Morgan fingerprint density at radius 2 is 1.45 bits per heavy atom. The molecule has 0 heterocycles. The van der Waals surface area contributed by atoms with E-state index in [1.165, 1.54) is 16.7 Å². The Balaban J connectivity index is 2.26. The minimum absolute atomic E-state index is 0.0327. The summed E-state index contributed by atoms with van der Waals surface area (Å²) in [6, 6.07) is 14.9. The Bertz CT molecular complexity index is 643. The van der Waals surface area contributed by atoms with Gasteiger partial charge in [-0.3, -0.25) is 0 Å². The molecule has 1 heteroatoms. The number of phenolic OH excluding ortho intramolecular Hbond substituents is 1. The van der Waals surface area contributed by atoms with E-state index in [0.717, 1.165) is 12.0 Å². The Labute approximate surface area is 135 Å². The highest BCUT2D eigenvalue weighted by Gasteiger charge is 2.23. The van der Waals surface area contributed by atoms with Crippen molar-refractivity contribution in [1.29, 1.82) is 0 Å². The van der Waals surface area contributed by atoms with Gasteiger partial charge in [-0.1, -0.05) is 76.6 Å². The van der Waals surface area contributed by atoms with E-state index in [-0.39, 0.29) is 10.8 Å². The normalized spacial score (nSPS) is 12.5. The van der Waals surface area contributed by atoms with Crippen LogP contribution in [0, 0.1) is 6.92 Å². The van der Waals surface area contributed by atoms with E-state index in [1.807, 2.05) is 6.07 Å². The fourth-order valence-electron chi connectivity index (χ4n) is 2.94. The quantitative estimate of drug-likeness (QED) is 0.791. The highest BCUT2D eigenvalue weighted by atomic mass is 16.3. The van der Waals surface area contributed by atoms with Crippen LogP contribution in [-0.4, -0.2) is 5.11 Å². The van der Waals surface area contributed by atoms with Crippen LogP contribution in [0.3, 0.4) is 0 Å². The van der Waals surface area contributed by atoms with Gasteiger partial charge in [0.15, 0.2) is 0 Å². The van der Waals surface area contributed by atoms with Crippen LogP contribution in [-0.2, 0) is 17.3 Å². The van der Waals surface area contributed by atoms with Gasteiger partial charge in [-0.2, -0.15) is 0 Å². The number of hydrogen-bond donors (Lipinski definition) is 1. The number of phenols is 1. The summed E-state index contributed by atoms with van der Waals surface area (Å²) >= 11 is 0. The number of aromatic hydroxyl groups is 1. The van der Waals surface area contributed by atoms with Crippen LogP contribution in [0.4, 0.5) is 0 Å². The Hall–Kier alpha value is -1.76. The van der Waals surface area contributed by atoms with Crippen LogP contribution in [0.5, 0.6) is 5.75 Å². The lowest BCUT2D eigenvalue weighted by atomic mass is 9.78. The number of rotatable bonds is 3. The van der Waals surface area contributed by atoms with Crippen molar-refractivity contribution < 1.29 is 5.11 Å². The molecule has 0 amide bonds. The van der Waals surface area contributed by atoms with Crippen molar-refractivity contribution in [2.75, 3.05) is 0 Å². The Kier molecular flexibility index (Phi) is 4.37. The first-order valence-electron chi connectivity index (χ1n) is 7.99. The minimum Gasteiger partial charge on any atom is -0.508 e. The number of hydrogen-bond acceptors (Lipinski definition) is 1. The fraction of sp³-hybridized carbons (Fsp3) is 0.429. The van der Waals surface area contributed by atoms with E-state index in [1.54, 1.807) is 0 Å². The molecule has 1 N–H and O–H groups in total. The van der Waals surface area contributed by atoms with Crippen molar-refractivity contribution >= 4 is 0 Å². The van der Waals surface area contributed by atoms with Crippen LogP contribution in [0.25, 0.3) is 0 Å². The summed E-state index contributed by atoms with van der Waals surface area (Å²) < 4.78 is 0. The van der Waals surface area contributed by atoms with Crippen LogP contribution in [0.15, 0.2) is 42.5 Å². The van der Waals surface area contributed by atoms with E-state index < -0.39 is 0 Å².